The average molecular weight is 274 g/mol. The third kappa shape index (κ3) is 2.18. The van der Waals surface area contributed by atoms with Gasteiger partial charge in [-0.1, -0.05) is 4.49 Å². The van der Waals surface area contributed by atoms with Crippen LogP contribution in [0.4, 0.5) is 0 Å². The molecule has 2 aromatic rings. The van der Waals surface area contributed by atoms with E-state index in [9.17, 15) is 8.42 Å². The Morgan fingerprint density at radius 2 is 2.06 bits per heavy atom. The fourth-order valence-corrected chi connectivity index (χ4v) is 2.53. The first-order valence-corrected chi connectivity index (χ1v) is 7.04. The summed E-state index contributed by atoms with van der Waals surface area (Å²) in [6.45, 7) is 3.61. The monoisotopic (exact) mass is 274 g/mol. The molecule has 92 valence electrons. The summed E-state index contributed by atoms with van der Waals surface area (Å²) in [4.78, 5) is 0. The Bertz CT molecular complexity index is 615. The standard InChI is InChI=1S/C7H10N6O2S2/c1-4(2)13-6(5-3-16-12-9-5)10-11-7(13)17(8,14)15/h3-4H,1-2H3,(H2,8,14,15). The van der Waals surface area contributed by atoms with Crippen molar-refractivity contribution >= 4 is 21.6 Å². The van der Waals surface area contributed by atoms with Crippen molar-refractivity contribution in [3.8, 4) is 11.5 Å². The molecule has 8 nitrogen and oxygen atoms in total. The van der Waals surface area contributed by atoms with Gasteiger partial charge in [0.05, 0.1) is 0 Å². The number of nitrogens with zero attached hydrogens (tertiary/aromatic N) is 5. The van der Waals surface area contributed by atoms with Crippen LogP contribution in [0.3, 0.4) is 0 Å². The van der Waals surface area contributed by atoms with Crippen LogP contribution < -0.4 is 5.14 Å². The summed E-state index contributed by atoms with van der Waals surface area (Å²) in [6.07, 6.45) is 0. The van der Waals surface area contributed by atoms with Crippen LogP contribution in [-0.2, 0) is 10.0 Å². The molecule has 0 atom stereocenters. The molecule has 17 heavy (non-hydrogen) atoms. The van der Waals surface area contributed by atoms with E-state index in [1.54, 1.807) is 19.2 Å². The molecule has 0 bridgehead atoms. The van der Waals surface area contributed by atoms with E-state index in [1.165, 1.54) is 4.57 Å². The second kappa shape index (κ2) is 4.13. The number of hydrogen-bond donors (Lipinski definition) is 1. The molecule has 0 radical (unpaired) electrons. The number of sulfonamides is 1. The highest BCUT2D eigenvalue weighted by Crippen LogP contribution is 2.22. The Morgan fingerprint density at radius 1 is 1.35 bits per heavy atom. The van der Waals surface area contributed by atoms with Gasteiger partial charge in [-0.15, -0.1) is 15.3 Å². The lowest BCUT2D eigenvalue weighted by Crippen LogP contribution is -2.20. The normalized spacial score (nSPS) is 12.2. The molecule has 0 amide bonds. The van der Waals surface area contributed by atoms with Crippen molar-refractivity contribution in [2.24, 2.45) is 5.14 Å². The summed E-state index contributed by atoms with van der Waals surface area (Å²) in [5.74, 6) is 0.345. The van der Waals surface area contributed by atoms with Gasteiger partial charge in [0.2, 0.25) is 0 Å². The fourth-order valence-electron chi connectivity index (χ4n) is 1.37. The highest BCUT2D eigenvalue weighted by molar-refractivity contribution is 7.89. The molecular weight excluding hydrogens is 264 g/mol. The van der Waals surface area contributed by atoms with Crippen molar-refractivity contribution in [1.29, 1.82) is 0 Å². The molecule has 0 saturated heterocycles. The van der Waals surface area contributed by atoms with Crippen molar-refractivity contribution in [2.75, 3.05) is 0 Å². The molecule has 0 saturated carbocycles. The summed E-state index contributed by atoms with van der Waals surface area (Å²) >= 11 is 1.15. The molecule has 10 heteroatoms. The molecule has 0 aliphatic carbocycles. The number of nitrogens with two attached hydrogens (primary N) is 1. The molecule has 0 aromatic carbocycles. The summed E-state index contributed by atoms with van der Waals surface area (Å²) < 4.78 is 27.8. The maximum Gasteiger partial charge on any atom is 0.273 e. The zero-order valence-corrected chi connectivity index (χ0v) is 10.7. The smallest absolute Gasteiger partial charge is 0.273 e. The molecule has 2 aromatic heterocycles. The van der Waals surface area contributed by atoms with Gasteiger partial charge in [0.15, 0.2) is 5.82 Å². The van der Waals surface area contributed by atoms with Crippen molar-refractivity contribution in [3.63, 3.8) is 0 Å². The maximum absolute atomic E-state index is 11.4. The third-order valence-corrected chi connectivity index (χ3v) is 3.32. The SMILES string of the molecule is CC(C)n1c(-c2csnn2)nnc1S(N)(=O)=O. The third-order valence-electron chi connectivity index (χ3n) is 2.02. The molecule has 2 N–H and O–H groups in total. The lowest BCUT2D eigenvalue weighted by molar-refractivity contribution is 0.524. The molecule has 0 aliphatic rings. The Morgan fingerprint density at radius 3 is 2.53 bits per heavy atom. The van der Waals surface area contributed by atoms with E-state index in [0.29, 0.717) is 11.5 Å². The minimum Gasteiger partial charge on any atom is -0.293 e. The van der Waals surface area contributed by atoms with Gasteiger partial charge in [-0.3, -0.25) is 4.57 Å². The molecular formula is C7H10N6O2S2. The Balaban J connectivity index is 2.68. The van der Waals surface area contributed by atoms with Gasteiger partial charge in [0.1, 0.15) is 5.69 Å². The molecule has 0 spiro atoms. The van der Waals surface area contributed by atoms with E-state index >= 15 is 0 Å². The van der Waals surface area contributed by atoms with Crippen LogP contribution >= 0.6 is 11.5 Å². The zero-order valence-electron chi connectivity index (χ0n) is 9.10. The zero-order chi connectivity index (χ0) is 12.6. The second-order valence-corrected chi connectivity index (χ2v) is 5.67. The second-order valence-electron chi connectivity index (χ2n) is 3.61. The number of aromatic nitrogens is 5. The van der Waals surface area contributed by atoms with Gasteiger partial charge in [-0.25, -0.2) is 13.6 Å². The van der Waals surface area contributed by atoms with Crippen LogP contribution in [0.25, 0.3) is 11.5 Å². The van der Waals surface area contributed by atoms with Gasteiger partial charge < -0.3 is 0 Å². The predicted molar refractivity (Wildman–Crippen MR) is 60.7 cm³/mol. The minimum atomic E-state index is -3.90. The highest BCUT2D eigenvalue weighted by atomic mass is 32.2. The topological polar surface area (TPSA) is 117 Å². The Labute approximate surface area is 102 Å². The molecule has 0 fully saturated rings. The van der Waals surface area contributed by atoms with Crippen molar-refractivity contribution < 1.29 is 8.42 Å². The summed E-state index contributed by atoms with van der Waals surface area (Å²) in [6, 6.07) is -0.157. The van der Waals surface area contributed by atoms with E-state index < -0.39 is 10.0 Å². The van der Waals surface area contributed by atoms with Crippen LogP contribution in [0.1, 0.15) is 19.9 Å². The summed E-state index contributed by atoms with van der Waals surface area (Å²) in [5, 5.41) is 17.7. The molecule has 0 unspecified atom stereocenters. The first kappa shape index (κ1) is 12.1. The lowest BCUT2D eigenvalue weighted by atomic mass is 10.3. The molecule has 2 rings (SSSR count). The van der Waals surface area contributed by atoms with Gasteiger partial charge >= 0.3 is 0 Å². The quantitative estimate of drug-likeness (QED) is 0.843. The largest absolute Gasteiger partial charge is 0.293 e. The lowest BCUT2D eigenvalue weighted by Gasteiger charge is -2.11. The van der Waals surface area contributed by atoms with Gasteiger partial charge in [-0.05, 0) is 25.4 Å². The number of primary sulfonamides is 1. The van der Waals surface area contributed by atoms with Crippen LogP contribution in [0, 0.1) is 0 Å². The van der Waals surface area contributed by atoms with Gasteiger partial charge in [0.25, 0.3) is 15.2 Å². The van der Waals surface area contributed by atoms with Crippen LogP contribution in [0.15, 0.2) is 10.5 Å². The predicted octanol–water partition coefficient (Wildman–Crippen LogP) is 0.0249. The van der Waals surface area contributed by atoms with Crippen molar-refractivity contribution in [2.45, 2.75) is 25.0 Å². The van der Waals surface area contributed by atoms with E-state index in [2.05, 4.69) is 19.8 Å². The Kier molecular flexibility index (Phi) is 2.93. The highest BCUT2D eigenvalue weighted by Gasteiger charge is 2.24. The van der Waals surface area contributed by atoms with Gasteiger partial charge in [0, 0.05) is 11.4 Å². The number of hydrogen-bond acceptors (Lipinski definition) is 7. The van der Waals surface area contributed by atoms with E-state index in [1.807, 2.05) is 0 Å². The van der Waals surface area contributed by atoms with Crippen LogP contribution in [-0.4, -0.2) is 32.8 Å². The summed E-state index contributed by atoms with van der Waals surface area (Å²) in [7, 11) is -3.90. The van der Waals surface area contributed by atoms with E-state index in [4.69, 9.17) is 5.14 Å². The molecule has 2 heterocycles. The first-order chi connectivity index (χ1) is 7.91. The van der Waals surface area contributed by atoms with Crippen molar-refractivity contribution in [3.05, 3.63) is 5.38 Å². The van der Waals surface area contributed by atoms with Crippen LogP contribution in [0.5, 0.6) is 0 Å². The van der Waals surface area contributed by atoms with Crippen LogP contribution in [0.2, 0.25) is 0 Å². The fraction of sp³-hybridized carbons (Fsp3) is 0.429. The van der Waals surface area contributed by atoms with E-state index in [0.717, 1.165) is 11.5 Å². The Hall–Kier alpha value is -1.39. The van der Waals surface area contributed by atoms with Crippen molar-refractivity contribution in [1.82, 2.24) is 24.4 Å². The average Bonchev–Trinajstić information content (AvgIpc) is 2.84. The minimum absolute atomic E-state index is 0.157. The van der Waals surface area contributed by atoms with E-state index in [-0.39, 0.29) is 11.2 Å². The number of rotatable bonds is 3. The first-order valence-electron chi connectivity index (χ1n) is 4.66. The molecule has 0 aliphatic heterocycles. The summed E-state index contributed by atoms with van der Waals surface area (Å²) in [5.41, 5.74) is 0.478. The van der Waals surface area contributed by atoms with Gasteiger partial charge in [-0.2, -0.15) is 0 Å². The maximum atomic E-state index is 11.4.